The van der Waals surface area contributed by atoms with Crippen LogP contribution in [0.2, 0.25) is 0 Å². The molecule has 3 heterocycles. The molecule has 0 saturated carbocycles. The molecular formula is C21H20N6O3S. The lowest BCUT2D eigenvalue weighted by atomic mass is 10.2. The van der Waals surface area contributed by atoms with Crippen LogP contribution in [0.3, 0.4) is 0 Å². The Balaban J connectivity index is 1.47. The molecule has 3 aromatic heterocycles. The summed E-state index contributed by atoms with van der Waals surface area (Å²) in [7, 11) is 0. The molecule has 2 amide bonds. The number of benzene rings is 1. The van der Waals surface area contributed by atoms with E-state index in [2.05, 4.69) is 25.9 Å². The highest BCUT2D eigenvalue weighted by atomic mass is 32.1. The van der Waals surface area contributed by atoms with Gasteiger partial charge in [-0.15, -0.1) is 16.4 Å². The summed E-state index contributed by atoms with van der Waals surface area (Å²) in [6.07, 6.45) is 0. The average Bonchev–Trinajstić information content (AvgIpc) is 3.46. The van der Waals surface area contributed by atoms with Gasteiger partial charge in [-0.25, -0.2) is 9.67 Å². The number of carbonyl (C=O) groups is 2. The lowest BCUT2D eigenvalue weighted by molar-refractivity contribution is -0.119. The van der Waals surface area contributed by atoms with Crippen molar-refractivity contribution in [1.29, 1.82) is 0 Å². The third kappa shape index (κ3) is 4.53. The van der Waals surface area contributed by atoms with Gasteiger partial charge in [-0.3, -0.25) is 14.9 Å². The Kier molecular flexibility index (Phi) is 5.63. The molecule has 0 aliphatic rings. The SMILES string of the molecule is CC(=O)NCc1ccc(-c2csc(NC(=O)c3nnn(-c4cccc(C)c4)c3C)n2)o1. The molecule has 10 heteroatoms. The van der Waals surface area contributed by atoms with Crippen molar-refractivity contribution >= 4 is 28.3 Å². The van der Waals surface area contributed by atoms with Crippen molar-refractivity contribution < 1.29 is 14.0 Å². The summed E-state index contributed by atoms with van der Waals surface area (Å²) in [5.41, 5.74) is 3.39. The fourth-order valence-electron chi connectivity index (χ4n) is 2.97. The largest absolute Gasteiger partial charge is 0.458 e. The molecule has 0 radical (unpaired) electrons. The minimum atomic E-state index is -0.386. The van der Waals surface area contributed by atoms with E-state index in [0.717, 1.165) is 11.3 Å². The maximum atomic E-state index is 12.7. The van der Waals surface area contributed by atoms with E-state index in [1.807, 2.05) is 31.2 Å². The van der Waals surface area contributed by atoms with E-state index in [4.69, 9.17) is 4.42 Å². The molecule has 1 aromatic carbocycles. The molecule has 0 bridgehead atoms. The van der Waals surface area contributed by atoms with Crippen molar-refractivity contribution in [3.63, 3.8) is 0 Å². The maximum absolute atomic E-state index is 12.7. The Bertz CT molecular complexity index is 1260. The van der Waals surface area contributed by atoms with Crippen molar-refractivity contribution in [1.82, 2.24) is 25.3 Å². The second kappa shape index (κ2) is 8.52. The number of nitrogens with one attached hydrogen (secondary N) is 2. The molecule has 0 spiro atoms. The predicted octanol–water partition coefficient (Wildman–Crippen LogP) is 3.49. The number of aryl methyl sites for hydroxylation is 1. The Morgan fingerprint density at radius 1 is 1.19 bits per heavy atom. The number of hydrogen-bond acceptors (Lipinski definition) is 7. The van der Waals surface area contributed by atoms with Gasteiger partial charge in [0, 0.05) is 12.3 Å². The van der Waals surface area contributed by atoms with Crippen LogP contribution in [0, 0.1) is 13.8 Å². The molecule has 2 N–H and O–H groups in total. The number of thiazole rings is 1. The number of hydrogen-bond donors (Lipinski definition) is 2. The van der Waals surface area contributed by atoms with Crippen molar-refractivity contribution in [3.05, 3.63) is 64.5 Å². The second-order valence-electron chi connectivity index (χ2n) is 6.94. The van der Waals surface area contributed by atoms with Gasteiger partial charge in [0.25, 0.3) is 5.91 Å². The van der Waals surface area contributed by atoms with Crippen LogP contribution < -0.4 is 10.6 Å². The van der Waals surface area contributed by atoms with Crippen LogP contribution in [0.5, 0.6) is 0 Å². The standard InChI is InChI=1S/C21H20N6O3S/c1-12-5-4-6-15(9-12)27-13(2)19(25-26-27)20(29)24-21-23-17(11-31-21)18-8-7-16(30-18)10-22-14(3)28/h4-9,11H,10H2,1-3H3,(H,22,28)(H,23,24,29). The van der Waals surface area contributed by atoms with Gasteiger partial charge in [0.15, 0.2) is 16.6 Å². The zero-order valence-corrected chi connectivity index (χ0v) is 18.0. The highest BCUT2D eigenvalue weighted by molar-refractivity contribution is 7.14. The molecule has 0 aliphatic carbocycles. The lowest BCUT2D eigenvalue weighted by Crippen LogP contribution is -2.18. The van der Waals surface area contributed by atoms with Crippen molar-refractivity contribution in [2.75, 3.05) is 5.32 Å². The summed E-state index contributed by atoms with van der Waals surface area (Å²) in [5, 5.41) is 15.8. The molecule has 31 heavy (non-hydrogen) atoms. The summed E-state index contributed by atoms with van der Waals surface area (Å²) in [5.74, 6) is 0.653. The van der Waals surface area contributed by atoms with Gasteiger partial charge in [0.2, 0.25) is 5.91 Å². The molecule has 0 saturated heterocycles. The van der Waals surface area contributed by atoms with E-state index < -0.39 is 0 Å². The second-order valence-corrected chi connectivity index (χ2v) is 7.80. The van der Waals surface area contributed by atoms with Crippen molar-refractivity contribution in [2.24, 2.45) is 0 Å². The van der Waals surface area contributed by atoms with Gasteiger partial charge in [-0.1, -0.05) is 17.3 Å². The summed E-state index contributed by atoms with van der Waals surface area (Å²) in [6, 6.07) is 11.3. The molecule has 0 unspecified atom stereocenters. The number of furan rings is 1. The van der Waals surface area contributed by atoms with E-state index in [0.29, 0.717) is 34.6 Å². The van der Waals surface area contributed by atoms with E-state index in [1.54, 1.807) is 29.1 Å². The summed E-state index contributed by atoms with van der Waals surface area (Å²) >= 11 is 1.28. The molecule has 0 fully saturated rings. The third-order valence-electron chi connectivity index (χ3n) is 4.51. The van der Waals surface area contributed by atoms with Gasteiger partial charge < -0.3 is 9.73 Å². The third-order valence-corrected chi connectivity index (χ3v) is 5.26. The molecule has 0 aliphatic heterocycles. The van der Waals surface area contributed by atoms with Crippen LogP contribution in [0.15, 0.2) is 46.2 Å². The number of aromatic nitrogens is 4. The fourth-order valence-corrected chi connectivity index (χ4v) is 3.66. The Hall–Kier alpha value is -3.79. The van der Waals surface area contributed by atoms with E-state index >= 15 is 0 Å². The van der Waals surface area contributed by atoms with Crippen molar-refractivity contribution in [2.45, 2.75) is 27.3 Å². The molecule has 158 valence electrons. The van der Waals surface area contributed by atoms with E-state index in [9.17, 15) is 9.59 Å². The number of nitrogens with zero attached hydrogens (tertiary/aromatic N) is 4. The normalized spacial score (nSPS) is 10.8. The topological polar surface area (TPSA) is 115 Å². The molecule has 4 rings (SSSR count). The monoisotopic (exact) mass is 436 g/mol. The first-order valence-electron chi connectivity index (χ1n) is 9.50. The Morgan fingerprint density at radius 2 is 2.03 bits per heavy atom. The lowest BCUT2D eigenvalue weighted by Gasteiger charge is -2.04. The molecule has 0 atom stereocenters. The predicted molar refractivity (Wildman–Crippen MR) is 116 cm³/mol. The summed E-state index contributed by atoms with van der Waals surface area (Å²) < 4.78 is 7.33. The van der Waals surface area contributed by atoms with E-state index in [1.165, 1.54) is 18.3 Å². The van der Waals surface area contributed by atoms with Crippen LogP contribution in [0.4, 0.5) is 5.13 Å². The first-order chi connectivity index (χ1) is 14.9. The van der Waals surface area contributed by atoms with E-state index in [-0.39, 0.29) is 17.5 Å². The smallest absolute Gasteiger partial charge is 0.279 e. The zero-order valence-electron chi connectivity index (χ0n) is 17.2. The van der Waals surface area contributed by atoms with Crippen LogP contribution in [-0.4, -0.2) is 31.8 Å². The van der Waals surface area contributed by atoms with Gasteiger partial charge in [-0.05, 0) is 43.7 Å². The van der Waals surface area contributed by atoms with Gasteiger partial charge in [0.1, 0.15) is 11.5 Å². The highest BCUT2D eigenvalue weighted by Crippen LogP contribution is 2.27. The zero-order chi connectivity index (χ0) is 22.0. The average molecular weight is 436 g/mol. The quantitative estimate of drug-likeness (QED) is 0.478. The first-order valence-corrected chi connectivity index (χ1v) is 10.4. The Morgan fingerprint density at radius 3 is 2.81 bits per heavy atom. The van der Waals surface area contributed by atoms with Crippen molar-refractivity contribution in [3.8, 4) is 17.1 Å². The molecule has 9 nitrogen and oxygen atoms in total. The number of carbonyl (C=O) groups excluding carboxylic acids is 2. The Labute approximate surface area is 182 Å². The van der Waals surface area contributed by atoms with Crippen LogP contribution in [0.25, 0.3) is 17.1 Å². The minimum Gasteiger partial charge on any atom is -0.458 e. The number of amides is 2. The maximum Gasteiger partial charge on any atom is 0.279 e. The van der Waals surface area contributed by atoms with Gasteiger partial charge in [0.05, 0.1) is 17.9 Å². The van der Waals surface area contributed by atoms with Gasteiger partial charge in [-0.2, -0.15) is 0 Å². The summed E-state index contributed by atoms with van der Waals surface area (Å²) in [6.45, 7) is 5.54. The molecule has 4 aromatic rings. The number of rotatable bonds is 6. The highest BCUT2D eigenvalue weighted by Gasteiger charge is 2.19. The summed E-state index contributed by atoms with van der Waals surface area (Å²) in [4.78, 5) is 28.2. The van der Waals surface area contributed by atoms with Crippen LogP contribution in [-0.2, 0) is 11.3 Å². The fraction of sp³-hybridized carbons (Fsp3) is 0.190. The van der Waals surface area contributed by atoms with Crippen LogP contribution in [0.1, 0.15) is 34.4 Å². The molecular weight excluding hydrogens is 416 g/mol. The van der Waals surface area contributed by atoms with Crippen LogP contribution >= 0.6 is 11.3 Å². The minimum absolute atomic E-state index is 0.133. The van der Waals surface area contributed by atoms with Gasteiger partial charge >= 0.3 is 0 Å². The number of anilines is 1. The first kappa shape index (κ1) is 20.5.